The van der Waals surface area contributed by atoms with Crippen molar-refractivity contribution in [2.45, 2.75) is 19.4 Å². The van der Waals surface area contributed by atoms with Crippen LogP contribution in [0.1, 0.15) is 21.7 Å². The van der Waals surface area contributed by atoms with Gasteiger partial charge in [-0.3, -0.25) is 4.79 Å². The highest BCUT2D eigenvalue weighted by atomic mass is 32.1. The Morgan fingerprint density at radius 1 is 1.55 bits per heavy atom. The molecule has 1 saturated heterocycles. The van der Waals surface area contributed by atoms with Crippen molar-refractivity contribution in [3.05, 3.63) is 40.5 Å². The molecule has 0 spiro atoms. The molecule has 20 heavy (non-hydrogen) atoms. The average molecular weight is 289 g/mol. The van der Waals surface area contributed by atoms with E-state index in [1.54, 1.807) is 12.3 Å². The van der Waals surface area contributed by atoms with Crippen molar-refractivity contribution in [1.29, 1.82) is 0 Å². The van der Waals surface area contributed by atoms with Gasteiger partial charge in [0.15, 0.2) is 0 Å². The number of hydrogen-bond donors (Lipinski definition) is 0. The van der Waals surface area contributed by atoms with Crippen LogP contribution in [-0.4, -0.2) is 40.0 Å². The molecule has 0 aliphatic carbocycles. The molecule has 1 fully saturated rings. The Hall–Kier alpha value is -1.95. The summed E-state index contributed by atoms with van der Waals surface area (Å²) >= 11 is 1.50. The highest BCUT2D eigenvalue weighted by Gasteiger charge is 2.29. The molecular formula is C14H15N3O2S. The highest BCUT2D eigenvalue weighted by Crippen LogP contribution is 2.21. The number of carbonyl (C=O) groups excluding carboxylic acids is 1. The van der Waals surface area contributed by atoms with E-state index in [0.717, 1.165) is 23.4 Å². The van der Waals surface area contributed by atoms with Gasteiger partial charge in [-0.15, -0.1) is 11.3 Å². The normalized spacial score (nSPS) is 18.2. The Labute approximate surface area is 121 Å². The molecule has 1 unspecified atom stereocenters. The predicted molar refractivity (Wildman–Crippen MR) is 76.0 cm³/mol. The smallest absolute Gasteiger partial charge is 0.264 e. The number of carbonyl (C=O) groups is 1. The lowest BCUT2D eigenvalue weighted by Gasteiger charge is -2.16. The molecule has 3 heterocycles. The molecule has 5 nitrogen and oxygen atoms in total. The Morgan fingerprint density at radius 3 is 3.15 bits per heavy atom. The second-order valence-corrected chi connectivity index (χ2v) is 5.73. The number of amides is 1. The van der Waals surface area contributed by atoms with Crippen LogP contribution in [0.5, 0.6) is 5.88 Å². The van der Waals surface area contributed by atoms with Crippen molar-refractivity contribution in [3.8, 4) is 5.88 Å². The molecule has 1 amide bonds. The monoisotopic (exact) mass is 289 g/mol. The van der Waals surface area contributed by atoms with Crippen LogP contribution < -0.4 is 4.74 Å². The number of thiophene rings is 1. The summed E-state index contributed by atoms with van der Waals surface area (Å²) in [7, 11) is 0. The minimum atomic E-state index is 0.00918. The summed E-state index contributed by atoms with van der Waals surface area (Å²) < 4.78 is 5.76. The summed E-state index contributed by atoms with van der Waals surface area (Å²) in [4.78, 5) is 22.8. The first-order chi connectivity index (χ1) is 9.72. The van der Waals surface area contributed by atoms with Crippen molar-refractivity contribution in [2.24, 2.45) is 0 Å². The molecule has 0 saturated carbocycles. The summed E-state index contributed by atoms with van der Waals surface area (Å²) in [5.74, 6) is 0.656. The predicted octanol–water partition coefficient (Wildman–Crippen LogP) is 2.14. The Balaban J connectivity index is 1.61. The lowest BCUT2D eigenvalue weighted by molar-refractivity contribution is 0.0776. The number of rotatable bonds is 3. The quantitative estimate of drug-likeness (QED) is 0.868. The van der Waals surface area contributed by atoms with Crippen molar-refractivity contribution in [3.63, 3.8) is 0 Å². The van der Waals surface area contributed by atoms with E-state index in [1.807, 2.05) is 23.3 Å². The van der Waals surface area contributed by atoms with Crippen molar-refractivity contribution >= 4 is 17.2 Å². The van der Waals surface area contributed by atoms with Crippen LogP contribution in [0.2, 0.25) is 0 Å². The molecule has 3 rings (SSSR count). The fraction of sp³-hybridized carbons (Fsp3) is 0.357. The third-order valence-corrected chi connectivity index (χ3v) is 4.25. The number of hydrogen-bond acceptors (Lipinski definition) is 5. The van der Waals surface area contributed by atoms with Gasteiger partial charge in [0, 0.05) is 25.2 Å². The topological polar surface area (TPSA) is 55.3 Å². The van der Waals surface area contributed by atoms with Crippen molar-refractivity contribution in [2.75, 3.05) is 13.1 Å². The molecular weight excluding hydrogens is 274 g/mol. The minimum Gasteiger partial charge on any atom is -0.472 e. The maximum atomic E-state index is 12.3. The average Bonchev–Trinajstić information content (AvgIpc) is 3.08. The fourth-order valence-corrected chi connectivity index (χ4v) is 3.09. The first-order valence-corrected chi connectivity index (χ1v) is 7.37. The van der Waals surface area contributed by atoms with E-state index < -0.39 is 0 Å². The Morgan fingerprint density at radius 2 is 2.45 bits per heavy atom. The van der Waals surface area contributed by atoms with Crippen molar-refractivity contribution < 1.29 is 9.53 Å². The number of likely N-dealkylation sites (tertiary alicyclic amines) is 1. The summed E-state index contributed by atoms with van der Waals surface area (Å²) in [5, 5.41) is 2.00. The van der Waals surface area contributed by atoms with Crippen LogP contribution in [0.3, 0.4) is 0 Å². The second kappa shape index (κ2) is 5.58. The van der Waals surface area contributed by atoms with Gasteiger partial charge in [0.2, 0.25) is 5.88 Å². The van der Waals surface area contributed by atoms with Crippen LogP contribution in [0.25, 0.3) is 0 Å². The molecule has 2 aromatic rings. The lowest BCUT2D eigenvalue weighted by atomic mass is 10.3. The molecule has 0 radical (unpaired) electrons. The Bertz CT molecular complexity index is 599. The van der Waals surface area contributed by atoms with Gasteiger partial charge >= 0.3 is 0 Å². The Kier molecular flexibility index (Phi) is 3.64. The largest absolute Gasteiger partial charge is 0.472 e. The summed E-state index contributed by atoms with van der Waals surface area (Å²) in [6.07, 6.45) is 3.95. The van der Waals surface area contributed by atoms with Crippen LogP contribution in [0, 0.1) is 6.92 Å². The zero-order valence-electron chi connectivity index (χ0n) is 11.2. The zero-order valence-corrected chi connectivity index (χ0v) is 12.0. The highest BCUT2D eigenvalue weighted by molar-refractivity contribution is 7.12. The van der Waals surface area contributed by atoms with Gasteiger partial charge in [-0.1, -0.05) is 0 Å². The van der Waals surface area contributed by atoms with Crippen LogP contribution in [-0.2, 0) is 0 Å². The van der Waals surface area contributed by atoms with Crippen LogP contribution in [0.4, 0.5) is 0 Å². The SMILES string of the molecule is Cc1csc(C(=O)N2CCC(Oc3ccncn3)C2)c1. The fourth-order valence-electron chi connectivity index (χ4n) is 2.23. The number of ether oxygens (including phenoxy) is 1. The molecule has 1 atom stereocenters. The minimum absolute atomic E-state index is 0.00918. The molecule has 104 valence electrons. The van der Waals surface area contributed by atoms with Crippen molar-refractivity contribution in [1.82, 2.24) is 14.9 Å². The van der Waals surface area contributed by atoms with E-state index in [9.17, 15) is 4.79 Å². The molecule has 0 bridgehead atoms. The van der Waals surface area contributed by atoms with E-state index >= 15 is 0 Å². The van der Waals surface area contributed by atoms with E-state index in [0.29, 0.717) is 12.4 Å². The second-order valence-electron chi connectivity index (χ2n) is 4.82. The first-order valence-electron chi connectivity index (χ1n) is 6.49. The third kappa shape index (κ3) is 2.80. The van der Waals surface area contributed by atoms with Crippen LogP contribution in [0.15, 0.2) is 30.0 Å². The van der Waals surface area contributed by atoms with Gasteiger partial charge in [-0.2, -0.15) is 0 Å². The lowest BCUT2D eigenvalue weighted by Crippen LogP contribution is -2.30. The zero-order chi connectivity index (χ0) is 13.9. The molecule has 1 aliphatic heterocycles. The van der Waals surface area contributed by atoms with Crippen LogP contribution >= 0.6 is 11.3 Å². The number of nitrogens with zero attached hydrogens (tertiary/aromatic N) is 3. The van der Waals surface area contributed by atoms with Gasteiger partial charge < -0.3 is 9.64 Å². The van der Waals surface area contributed by atoms with E-state index in [1.165, 1.54) is 17.7 Å². The van der Waals surface area contributed by atoms with Gasteiger partial charge in [0.25, 0.3) is 5.91 Å². The molecule has 1 aliphatic rings. The summed E-state index contributed by atoms with van der Waals surface area (Å²) in [5.41, 5.74) is 1.13. The van der Waals surface area contributed by atoms with Gasteiger partial charge in [0.05, 0.1) is 11.4 Å². The third-order valence-electron chi connectivity index (χ3n) is 3.22. The van der Waals surface area contributed by atoms with Gasteiger partial charge in [-0.25, -0.2) is 9.97 Å². The number of aromatic nitrogens is 2. The molecule has 0 aromatic carbocycles. The van der Waals surface area contributed by atoms with E-state index in [-0.39, 0.29) is 12.0 Å². The maximum Gasteiger partial charge on any atom is 0.264 e. The molecule has 2 aromatic heterocycles. The van der Waals surface area contributed by atoms with E-state index in [4.69, 9.17) is 4.74 Å². The number of aryl methyl sites for hydroxylation is 1. The van der Waals surface area contributed by atoms with E-state index in [2.05, 4.69) is 9.97 Å². The maximum absolute atomic E-state index is 12.3. The van der Waals surface area contributed by atoms with Gasteiger partial charge in [0.1, 0.15) is 12.4 Å². The molecule has 0 N–H and O–H groups in total. The molecule has 6 heteroatoms. The summed E-state index contributed by atoms with van der Waals surface area (Å²) in [6, 6.07) is 3.67. The standard InChI is InChI=1S/C14H15N3O2S/c1-10-6-12(20-8-10)14(18)17-5-3-11(7-17)19-13-2-4-15-9-16-13/h2,4,6,8-9,11H,3,5,7H2,1H3. The van der Waals surface area contributed by atoms with Gasteiger partial charge in [-0.05, 0) is 23.9 Å². The summed E-state index contributed by atoms with van der Waals surface area (Å²) in [6.45, 7) is 3.34. The first kappa shape index (κ1) is 13.1.